The minimum Gasteiger partial charge on any atom is -0.324 e. The van der Waals surface area contributed by atoms with Gasteiger partial charge < -0.3 is 5.32 Å². The number of benzene rings is 2. The van der Waals surface area contributed by atoms with Crippen LogP contribution in [0.5, 0.6) is 0 Å². The molecule has 0 radical (unpaired) electrons. The molecular weight excluding hydrogens is 346 g/mol. The van der Waals surface area contributed by atoms with Gasteiger partial charge in [-0.1, -0.05) is 62.4 Å². The number of rotatable bonds is 7. The lowest BCUT2D eigenvalue weighted by molar-refractivity contribution is -0.121. The summed E-state index contributed by atoms with van der Waals surface area (Å²) >= 11 is 0. The quantitative estimate of drug-likeness (QED) is 0.777. The fraction of sp³-hybridized carbons (Fsp3) is 0.458. The highest BCUT2D eigenvalue weighted by molar-refractivity contribution is 5.95. The van der Waals surface area contributed by atoms with Gasteiger partial charge in [-0.15, -0.1) is 0 Å². The van der Waals surface area contributed by atoms with E-state index in [0.717, 1.165) is 44.8 Å². The predicted octanol–water partition coefficient (Wildman–Crippen LogP) is 4.34. The average molecular weight is 380 g/mol. The SMILES string of the molecule is CCC(C)c1ccccc1NC(=O)C(C)N1CCN(Cc2ccccc2)CC1. The van der Waals surface area contributed by atoms with Crippen LogP contribution in [0.4, 0.5) is 5.69 Å². The Morgan fingerprint density at radius 3 is 2.29 bits per heavy atom. The van der Waals surface area contributed by atoms with Crippen molar-refractivity contribution < 1.29 is 4.79 Å². The van der Waals surface area contributed by atoms with Crippen molar-refractivity contribution in [3.05, 3.63) is 65.7 Å². The van der Waals surface area contributed by atoms with E-state index in [4.69, 9.17) is 0 Å². The maximum absolute atomic E-state index is 12.9. The summed E-state index contributed by atoms with van der Waals surface area (Å²) in [6, 6.07) is 18.7. The molecule has 1 aliphatic rings. The Balaban J connectivity index is 1.54. The normalized spacial score (nSPS) is 17.8. The van der Waals surface area contributed by atoms with Crippen LogP contribution in [-0.4, -0.2) is 47.9 Å². The van der Waals surface area contributed by atoms with E-state index in [1.165, 1.54) is 11.1 Å². The first-order chi connectivity index (χ1) is 13.6. The molecule has 2 atom stereocenters. The summed E-state index contributed by atoms with van der Waals surface area (Å²) in [5.41, 5.74) is 3.53. The molecular formula is C24H33N3O. The number of hydrogen-bond acceptors (Lipinski definition) is 3. The molecule has 0 saturated carbocycles. The molecule has 28 heavy (non-hydrogen) atoms. The van der Waals surface area contributed by atoms with E-state index in [1.54, 1.807) is 0 Å². The van der Waals surface area contributed by atoms with Gasteiger partial charge in [-0.25, -0.2) is 0 Å². The van der Waals surface area contributed by atoms with Crippen molar-refractivity contribution in [1.29, 1.82) is 0 Å². The van der Waals surface area contributed by atoms with Crippen LogP contribution >= 0.6 is 0 Å². The lowest BCUT2D eigenvalue weighted by Gasteiger charge is -2.37. The van der Waals surface area contributed by atoms with Gasteiger partial charge in [0.2, 0.25) is 5.91 Å². The molecule has 0 aromatic heterocycles. The number of nitrogens with zero attached hydrogens (tertiary/aromatic N) is 2. The molecule has 1 fully saturated rings. The van der Waals surface area contributed by atoms with Crippen molar-refractivity contribution in [3.8, 4) is 0 Å². The number of para-hydroxylation sites is 1. The van der Waals surface area contributed by atoms with Gasteiger partial charge in [0.25, 0.3) is 0 Å². The summed E-state index contributed by atoms with van der Waals surface area (Å²) in [6.45, 7) is 11.2. The smallest absolute Gasteiger partial charge is 0.241 e. The maximum atomic E-state index is 12.9. The number of carbonyl (C=O) groups excluding carboxylic acids is 1. The van der Waals surface area contributed by atoms with Crippen molar-refractivity contribution >= 4 is 11.6 Å². The van der Waals surface area contributed by atoms with E-state index < -0.39 is 0 Å². The Bertz CT molecular complexity index is 753. The second kappa shape index (κ2) is 9.85. The predicted molar refractivity (Wildman–Crippen MR) is 117 cm³/mol. The van der Waals surface area contributed by atoms with Gasteiger partial charge in [-0.3, -0.25) is 14.6 Å². The second-order valence-electron chi connectivity index (χ2n) is 7.86. The number of amides is 1. The Labute approximate surface area is 169 Å². The number of piperazine rings is 1. The highest BCUT2D eigenvalue weighted by atomic mass is 16.2. The molecule has 0 bridgehead atoms. The standard InChI is InChI=1S/C24H33N3O/c1-4-19(2)22-12-8-9-13-23(22)25-24(28)20(3)27-16-14-26(15-17-27)18-21-10-6-5-7-11-21/h5-13,19-20H,4,14-18H2,1-3H3,(H,25,28). The van der Waals surface area contributed by atoms with Crippen molar-refractivity contribution in [1.82, 2.24) is 9.80 Å². The first kappa shape index (κ1) is 20.6. The number of hydrogen-bond donors (Lipinski definition) is 1. The van der Waals surface area contributed by atoms with E-state index in [-0.39, 0.29) is 11.9 Å². The van der Waals surface area contributed by atoms with Crippen molar-refractivity contribution in [2.45, 2.75) is 45.7 Å². The van der Waals surface area contributed by atoms with Gasteiger partial charge in [0, 0.05) is 38.4 Å². The molecule has 0 aliphatic carbocycles. The Morgan fingerprint density at radius 2 is 1.61 bits per heavy atom. The minimum atomic E-state index is -0.121. The van der Waals surface area contributed by atoms with E-state index in [9.17, 15) is 4.79 Å². The lowest BCUT2D eigenvalue weighted by atomic mass is 9.97. The zero-order valence-corrected chi connectivity index (χ0v) is 17.4. The van der Waals surface area contributed by atoms with E-state index in [2.05, 4.69) is 65.4 Å². The van der Waals surface area contributed by atoms with Crippen LogP contribution in [0, 0.1) is 0 Å². The monoisotopic (exact) mass is 379 g/mol. The van der Waals surface area contributed by atoms with E-state index in [0.29, 0.717) is 5.92 Å². The molecule has 1 heterocycles. The number of carbonyl (C=O) groups is 1. The van der Waals surface area contributed by atoms with Crippen LogP contribution in [0.15, 0.2) is 54.6 Å². The third-order valence-corrected chi connectivity index (χ3v) is 5.95. The Kier molecular flexibility index (Phi) is 7.24. The van der Waals surface area contributed by atoms with Crippen molar-refractivity contribution in [2.75, 3.05) is 31.5 Å². The first-order valence-corrected chi connectivity index (χ1v) is 10.5. The number of nitrogens with one attached hydrogen (secondary N) is 1. The fourth-order valence-corrected chi connectivity index (χ4v) is 3.81. The second-order valence-corrected chi connectivity index (χ2v) is 7.86. The molecule has 2 aromatic carbocycles. The lowest BCUT2D eigenvalue weighted by Crippen LogP contribution is -2.52. The minimum absolute atomic E-state index is 0.0901. The van der Waals surface area contributed by atoms with E-state index in [1.807, 2.05) is 25.1 Å². The zero-order chi connectivity index (χ0) is 19.9. The third-order valence-electron chi connectivity index (χ3n) is 5.95. The summed E-state index contributed by atoms with van der Waals surface area (Å²) in [7, 11) is 0. The van der Waals surface area contributed by atoms with Crippen LogP contribution < -0.4 is 5.32 Å². The summed E-state index contributed by atoms with van der Waals surface area (Å²) < 4.78 is 0. The largest absolute Gasteiger partial charge is 0.324 e. The molecule has 2 unspecified atom stereocenters. The van der Waals surface area contributed by atoms with Crippen LogP contribution in [0.3, 0.4) is 0 Å². The average Bonchev–Trinajstić information content (AvgIpc) is 2.74. The molecule has 0 spiro atoms. The number of anilines is 1. The highest BCUT2D eigenvalue weighted by Gasteiger charge is 2.26. The Morgan fingerprint density at radius 1 is 0.964 bits per heavy atom. The van der Waals surface area contributed by atoms with Gasteiger partial charge in [0.15, 0.2) is 0 Å². The Hall–Kier alpha value is -2.17. The van der Waals surface area contributed by atoms with Gasteiger partial charge in [-0.05, 0) is 36.5 Å². The fourth-order valence-electron chi connectivity index (χ4n) is 3.81. The van der Waals surface area contributed by atoms with E-state index >= 15 is 0 Å². The third kappa shape index (κ3) is 5.21. The highest BCUT2D eigenvalue weighted by Crippen LogP contribution is 2.26. The molecule has 3 rings (SSSR count). The molecule has 1 saturated heterocycles. The van der Waals surface area contributed by atoms with Crippen LogP contribution in [0.1, 0.15) is 44.2 Å². The topological polar surface area (TPSA) is 35.6 Å². The first-order valence-electron chi connectivity index (χ1n) is 10.5. The molecule has 4 heteroatoms. The molecule has 4 nitrogen and oxygen atoms in total. The molecule has 150 valence electrons. The zero-order valence-electron chi connectivity index (χ0n) is 17.4. The molecule has 1 amide bonds. The van der Waals surface area contributed by atoms with Gasteiger partial charge in [0.1, 0.15) is 0 Å². The van der Waals surface area contributed by atoms with Gasteiger partial charge in [-0.2, -0.15) is 0 Å². The van der Waals surface area contributed by atoms with Crippen LogP contribution in [0.25, 0.3) is 0 Å². The summed E-state index contributed by atoms with van der Waals surface area (Å²) in [5.74, 6) is 0.528. The molecule has 1 N–H and O–H groups in total. The molecule has 1 aliphatic heterocycles. The van der Waals surface area contributed by atoms with Crippen molar-refractivity contribution in [3.63, 3.8) is 0 Å². The van der Waals surface area contributed by atoms with Crippen LogP contribution in [-0.2, 0) is 11.3 Å². The summed E-state index contributed by atoms with van der Waals surface area (Å²) in [4.78, 5) is 17.6. The van der Waals surface area contributed by atoms with Gasteiger partial charge >= 0.3 is 0 Å². The summed E-state index contributed by atoms with van der Waals surface area (Å²) in [5, 5.41) is 3.18. The molecule has 2 aromatic rings. The van der Waals surface area contributed by atoms with Gasteiger partial charge in [0.05, 0.1) is 6.04 Å². The summed E-state index contributed by atoms with van der Waals surface area (Å²) in [6.07, 6.45) is 1.06. The van der Waals surface area contributed by atoms with Crippen molar-refractivity contribution in [2.24, 2.45) is 0 Å². The van der Waals surface area contributed by atoms with Crippen LogP contribution in [0.2, 0.25) is 0 Å². The maximum Gasteiger partial charge on any atom is 0.241 e.